The van der Waals surface area contributed by atoms with Crippen LogP contribution < -0.4 is 16.4 Å². The Hall–Kier alpha value is -1.93. The maximum atomic E-state index is 11.7. The molecule has 0 spiro atoms. The molecule has 8 heteroatoms. The van der Waals surface area contributed by atoms with Crippen LogP contribution in [0.2, 0.25) is 0 Å². The largest absolute Gasteiger partial charge is 0.393 e. The highest BCUT2D eigenvalue weighted by Crippen LogP contribution is 2.25. The van der Waals surface area contributed by atoms with Crippen molar-refractivity contribution in [1.29, 1.82) is 0 Å². The number of nitrogens with zero attached hydrogens (tertiary/aromatic N) is 2. The molecular weight excluding hydrogens is 334 g/mol. The SMILES string of the molecule is NC(=O)c1cnc(NC2CCC(O)CC2)nc1N[C@@H]1CCCC[C@H](O)C1.[HH]. The summed E-state index contributed by atoms with van der Waals surface area (Å²) in [5.41, 5.74) is 5.73. The van der Waals surface area contributed by atoms with Crippen LogP contribution in [0.25, 0.3) is 0 Å². The molecule has 1 aromatic heterocycles. The Bertz CT molecular complexity index is 625. The molecule has 0 saturated heterocycles. The van der Waals surface area contributed by atoms with Crippen molar-refractivity contribution in [3.05, 3.63) is 11.8 Å². The molecule has 0 bridgehead atoms. The van der Waals surface area contributed by atoms with Gasteiger partial charge in [0.05, 0.1) is 17.8 Å². The second-order valence-electron chi connectivity index (χ2n) is 7.49. The number of rotatable bonds is 5. The van der Waals surface area contributed by atoms with E-state index in [-0.39, 0.29) is 31.3 Å². The fourth-order valence-electron chi connectivity index (χ4n) is 3.80. The molecule has 3 rings (SSSR count). The van der Waals surface area contributed by atoms with Crippen molar-refractivity contribution in [2.45, 2.75) is 82.1 Å². The molecule has 0 unspecified atom stereocenters. The number of aliphatic hydroxyl groups is 2. The van der Waals surface area contributed by atoms with Crippen molar-refractivity contribution in [2.75, 3.05) is 10.6 Å². The van der Waals surface area contributed by atoms with E-state index in [4.69, 9.17) is 5.73 Å². The zero-order chi connectivity index (χ0) is 18.5. The molecule has 1 amide bonds. The molecule has 1 aromatic rings. The van der Waals surface area contributed by atoms with Crippen LogP contribution in [0.3, 0.4) is 0 Å². The van der Waals surface area contributed by atoms with E-state index in [1.54, 1.807) is 0 Å². The fraction of sp³-hybridized carbons (Fsp3) is 0.722. The quantitative estimate of drug-likeness (QED) is 0.501. The van der Waals surface area contributed by atoms with Gasteiger partial charge in [-0.25, -0.2) is 4.98 Å². The molecule has 146 valence electrons. The Morgan fingerprint density at radius 3 is 2.50 bits per heavy atom. The van der Waals surface area contributed by atoms with E-state index < -0.39 is 5.91 Å². The molecule has 2 aliphatic carbocycles. The summed E-state index contributed by atoms with van der Waals surface area (Å²) in [5.74, 6) is 0.298. The van der Waals surface area contributed by atoms with E-state index in [0.29, 0.717) is 18.2 Å². The van der Waals surface area contributed by atoms with Crippen LogP contribution >= 0.6 is 0 Å². The molecule has 0 aliphatic heterocycles. The molecule has 1 heterocycles. The van der Waals surface area contributed by atoms with E-state index in [1.807, 2.05) is 0 Å². The molecule has 2 fully saturated rings. The number of nitrogens with two attached hydrogens (primary N) is 1. The number of aromatic nitrogens is 2. The first-order valence-corrected chi connectivity index (χ1v) is 9.57. The van der Waals surface area contributed by atoms with Crippen molar-refractivity contribution in [1.82, 2.24) is 9.97 Å². The van der Waals surface area contributed by atoms with Gasteiger partial charge >= 0.3 is 0 Å². The van der Waals surface area contributed by atoms with Gasteiger partial charge in [-0.15, -0.1) is 0 Å². The molecule has 26 heavy (non-hydrogen) atoms. The van der Waals surface area contributed by atoms with Crippen molar-refractivity contribution >= 4 is 17.7 Å². The summed E-state index contributed by atoms with van der Waals surface area (Å²) in [7, 11) is 0. The van der Waals surface area contributed by atoms with Crippen LogP contribution in [0.15, 0.2) is 6.20 Å². The zero-order valence-corrected chi connectivity index (χ0v) is 15.0. The number of primary amides is 1. The summed E-state index contributed by atoms with van der Waals surface area (Å²) in [6.45, 7) is 0. The Morgan fingerprint density at radius 1 is 1.04 bits per heavy atom. The van der Waals surface area contributed by atoms with Crippen molar-refractivity contribution in [3.8, 4) is 0 Å². The van der Waals surface area contributed by atoms with Gasteiger partial charge in [-0.1, -0.05) is 12.8 Å². The number of carbonyl (C=O) groups is 1. The summed E-state index contributed by atoms with van der Waals surface area (Å²) in [6.07, 6.45) is 8.55. The summed E-state index contributed by atoms with van der Waals surface area (Å²) in [4.78, 5) is 20.4. The first kappa shape index (κ1) is 18.8. The molecule has 6 N–H and O–H groups in total. The second-order valence-corrected chi connectivity index (χ2v) is 7.49. The summed E-state index contributed by atoms with van der Waals surface area (Å²) >= 11 is 0. The molecule has 0 aromatic carbocycles. The number of nitrogens with one attached hydrogen (secondary N) is 2. The average molecular weight is 365 g/mol. The average Bonchev–Trinajstić information content (AvgIpc) is 2.81. The highest BCUT2D eigenvalue weighted by Gasteiger charge is 2.23. The number of anilines is 2. The van der Waals surface area contributed by atoms with E-state index in [0.717, 1.165) is 51.4 Å². The predicted molar refractivity (Wildman–Crippen MR) is 101 cm³/mol. The second kappa shape index (κ2) is 8.64. The minimum absolute atomic E-state index is 0. The number of carbonyl (C=O) groups excluding carboxylic acids is 1. The third-order valence-corrected chi connectivity index (χ3v) is 5.32. The molecular formula is C18H31N5O3. The lowest BCUT2D eigenvalue weighted by atomic mass is 9.93. The number of aliphatic hydroxyl groups excluding tert-OH is 2. The highest BCUT2D eigenvalue weighted by molar-refractivity contribution is 5.97. The van der Waals surface area contributed by atoms with E-state index in [9.17, 15) is 15.0 Å². The van der Waals surface area contributed by atoms with Gasteiger partial charge in [0.25, 0.3) is 5.91 Å². The van der Waals surface area contributed by atoms with Gasteiger partial charge in [0, 0.05) is 19.7 Å². The smallest absolute Gasteiger partial charge is 0.254 e. The first-order valence-electron chi connectivity index (χ1n) is 9.57. The molecule has 2 aliphatic rings. The summed E-state index contributed by atoms with van der Waals surface area (Å²) in [6, 6.07) is 0.267. The minimum Gasteiger partial charge on any atom is -0.393 e. The topological polar surface area (TPSA) is 133 Å². The number of amides is 1. The maximum Gasteiger partial charge on any atom is 0.254 e. The van der Waals surface area contributed by atoms with E-state index in [1.165, 1.54) is 6.20 Å². The highest BCUT2D eigenvalue weighted by atomic mass is 16.3. The van der Waals surface area contributed by atoms with Crippen molar-refractivity contribution in [3.63, 3.8) is 0 Å². The van der Waals surface area contributed by atoms with E-state index >= 15 is 0 Å². The number of hydrogen-bond donors (Lipinski definition) is 5. The molecule has 2 atom stereocenters. The molecule has 8 nitrogen and oxygen atoms in total. The van der Waals surface area contributed by atoms with Crippen LogP contribution in [0, 0.1) is 0 Å². The van der Waals surface area contributed by atoms with Gasteiger partial charge in [0.1, 0.15) is 5.82 Å². The van der Waals surface area contributed by atoms with Gasteiger partial charge in [0.2, 0.25) is 5.95 Å². The van der Waals surface area contributed by atoms with Crippen LogP contribution in [0.1, 0.15) is 69.6 Å². The van der Waals surface area contributed by atoms with Gasteiger partial charge in [-0.2, -0.15) is 4.98 Å². The minimum atomic E-state index is -0.575. The van der Waals surface area contributed by atoms with E-state index in [2.05, 4.69) is 20.6 Å². The van der Waals surface area contributed by atoms with Gasteiger partial charge < -0.3 is 26.6 Å². The maximum absolute atomic E-state index is 11.7. The van der Waals surface area contributed by atoms with Gasteiger partial charge in [-0.3, -0.25) is 4.79 Å². The standard InChI is InChI=1S/C18H29N5O3.H2/c19-16(26)15-10-20-18(22-11-5-7-13(24)8-6-11)23-17(15)21-12-3-1-2-4-14(25)9-12;/h10-14,24-25H,1-9H2,(H2,19,26)(H2,20,21,22,23);1H/t11?,12-,13?,14+;/m1./s1. The Labute approximate surface area is 155 Å². The third-order valence-electron chi connectivity index (χ3n) is 5.32. The van der Waals surface area contributed by atoms with Crippen LogP contribution in [-0.4, -0.2) is 50.4 Å². The molecule has 0 radical (unpaired) electrons. The molecule has 2 saturated carbocycles. The first-order chi connectivity index (χ1) is 12.5. The third kappa shape index (κ3) is 5.04. The number of hydrogen-bond acceptors (Lipinski definition) is 7. The Morgan fingerprint density at radius 2 is 1.77 bits per heavy atom. The van der Waals surface area contributed by atoms with Crippen molar-refractivity contribution in [2.24, 2.45) is 5.73 Å². The van der Waals surface area contributed by atoms with Gasteiger partial charge in [-0.05, 0) is 44.9 Å². The Kier molecular flexibility index (Phi) is 6.26. The van der Waals surface area contributed by atoms with Crippen LogP contribution in [-0.2, 0) is 0 Å². The Balaban J connectivity index is 0.00000261. The summed E-state index contributed by atoms with van der Waals surface area (Å²) < 4.78 is 0. The van der Waals surface area contributed by atoms with Crippen molar-refractivity contribution < 1.29 is 16.4 Å². The van der Waals surface area contributed by atoms with Crippen LogP contribution in [0.4, 0.5) is 11.8 Å². The van der Waals surface area contributed by atoms with Crippen LogP contribution in [0.5, 0.6) is 0 Å². The van der Waals surface area contributed by atoms with Gasteiger partial charge in [0.15, 0.2) is 0 Å². The lowest BCUT2D eigenvalue weighted by Gasteiger charge is -2.26. The zero-order valence-electron chi connectivity index (χ0n) is 15.0. The summed E-state index contributed by atoms with van der Waals surface area (Å²) in [5, 5.41) is 26.2. The predicted octanol–water partition coefficient (Wildman–Crippen LogP) is 1.64. The lowest BCUT2D eigenvalue weighted by molar-refractivity contribution is 0.1000. The normalized spacial score (nSPS) is 29.6. The fourth-order valence-corrected chi connectivity index (χ4v) is 3.80. The lowest BCUT2D eigenvalue weighted by Crippen LogP contribution is -2.30. The monoisotopic (exact) mass is 365 g/mol.